The molecule has 1 N–H and O–H groups in total. The predicted octanol–water partition coefficient (Wildman–Crippen LogP) is -3.24. The second kappa shape index (κ2) is 7.71. The van der Waals surface area contributed by atoms with Gasteiger partial charge in [0, 0.05) is 26.9 Å². The molecule has 0 aromatic heterocycles. The number of thioether (sulfide) groups is 1. The molecule has 6 nitrogen and oxygen atoms in total. The number of hydrogen-bond donors (Lipinski definition) is 1. The second-order valence-corrected chi connectivity index (χ2v) is 7.94. The van der Waals surface area contributed by atoms with Crippen molar-refractivity contribution in [3.05, 3.63) is 35.5 Å². The first-order valence-corrected chi connectivity index (χ1v) is 9.34. The number of aliphatic carboxylic acids is 1. The second-order valence-electron chi connectivity index (χ2n) is 5.43. The third kappa shape index (κ3) is 3.33. The van der Waals surface area contributed by atoms with Crippen LogP contribution in [0.4, 0.5) is 0 Å². The van der Waals surface area contributed by atoms with Crippen LogP contribution in [0.2, 0.25) is 0 Å². The quantitative estimate of drug-likeness (QED) is 0.428. The number of nitrogens with zero attached hydrogens (tertiary/aromatic N) is 1. The molecule has 0 bridgehead atoms. The molecule has 0 spiro atoms. The van der Waals surface area contributed by atoms with Crippen molar-refractivity contribution in [1.29, 1.82) is 0 Å². The molecule has 2 heterocycles. The summed E-state index contributed by atoms with van der Waals surface area (Å²) in [5, 5.41) is 20.8. The zero-order chi connectivity index (χ0) is 16.9. The average molecular weight is 392 g/mol. The SMILES string of the molecule is C[C@@H](O)[C@H]1C(=O)N2C(C(=O)[O-])=C(c3cccc(S(C)=O)c3)S[C@H]12.[K+]. The van der Waals surface area contributed by atoms with E-state index in [1.807, 2.05) is 0 Å². The fraction of sp³-hybridized carbons (Fsp3) is 0.333. The largest absolute Gasteiger partial charge is 1.00 e. The van der Waals surface area contributed by atoms with Crippen LogP contribution in [0.25, 0.3) is 4.91 Å². The molecule has 3 rings (SSSR count). The van der Waals surface area contributed by atoms with E-state index < -0.39 is 40.1 Å². The zero-order valence-corrected chi connectivity index (χ0v) is 18.1. The molecular formula is C15H14KNO5S2. The molecule has 24 heavy (non-hydrogen) atoms. The molecule has 2 aliphatic heterocycles. The third-order valence-electron chi connectivity index (χ3n) is 3.92. The van der Waals surface area contributed by atoms with E-state index in [0.29, 0.717) is 15.4 Å². The Morgan fingerprint density at radius 1 is 1.46 bits per heavy atom. The molecule has 1 aromatic rings. The van der Waals surface area contributed by atoms with Crippen LogP contribution >= 0.6 is 11.8 Å². The number of carbonyl (C=O) groups excluding carboxylic acids is 2. The van der Waals surface area contributed by atoms with Gasteiger partial charge in [0.15, 0.2) is 0 Å². The van der Waals surface area contributed by atoms with E-state index >= 15 is 0 Å². The van der Waals surface area contributed by atoms with E-state index in [9.17, 15) is 24.0 Å². The van der Waals surface area contributed by atoms with Crippen molar-refractivity contribution in [3.63, 3.8) is 0 Å². The van der Waals surface area contributed by atoms with Crippen LogP contribution in [0.1, 0.15) is 12.5 Å². The van der Waals surface area contributed by atoms with Crippen molar-refractivity contribution in [2.75, 3.05) is 6.26 Å². The number of carboxylic acid groups (broad SMARTS) is 1. The van der Waals surface area contributed by atoms with Crippen LogP contribution < -0.4 is 56.5 Å². The molecular weight excluding hydrogens is 377 g/mol. The van der Waals surface area contributed by atoms with Gasteiger partial charge in [-0.05, 0) is 24.6 Å². The standard InChI is InChI=1S/C15H15NO5S2.K/c1-7(17)10-13(18)16-11(15(19)20)12(22-14(10)16)8-4-3-5-9(6-8)23(2)21;/h3-7,10,14,17H,1-2H3,(H,19,20);/q;+1/p-1/t7-,10+,14-,23?;/m1./s1. The van der Waals surface area contributed by atoms with Gasteiger partial charge in [-0.1, -0.05) is 23.9 Å². The molecule has 122 valence electrons. The van der Waals surface area contributed by atoms with Crippen LogP contribution in [-0.4, -0.2) is 43.8 Å². The van der Waals surface area contributed by atoms with Crippen molar-refractivity contribution in [3.8, 4) is 0 Å². The number of carbonyl (C=O) groups is 2. The normalized spacial score (nSPS) is 24.8. The average Bonchev–Trinajstić information content (AvgIpc) is 2.82. The molecule has 4 atom stereocenters. The van der Waals surface area contributed by atoms with E-state index in [1.54, 1.807) is 24.3 Å². The van der Waals surface area contributed by atoms with E-state index in [-0.39, 0.29) is 57.1 Å². The maximum Gasteiger partial charge on any atom is 1.00 e. The number of carboxylic acids is 1. The first-order valence-electron chi connectivity index (χ1n) is 6.90. The van der Waals surface area contributed by atoms with Gasteiger partial charge in [0.25, 0.3) is 0 Å². The van der Waals surface area contributed by atoms with Crippen LogP contribution in [0, 0.1) is 5.92 Å². The van der Waals surface area contributed by atoms with E-state index in [2.05, 4.69) is 0 Å². The number of aliphatic hydroxyl groups excluding tert-OH is 1. The molecule has 1 saturated heterocycles. The minimum Gasteiger partial charge on any atom is -0.543 e. The van der Waals surface area contributed by atoms with Crippen LogP contribution in [0.3, 0.4) is 0 Å². The van der Waals surface area contributed by atoms with Gasteiger partial charge >= 0.3 is 51.4 Å². The number of β-lactam (4-membered cyclic amide) rings is 1. The van der Waals surface area contributed by atoms with Crippen molar-refractivity contribution < 1.29 is 75.4 Å². The predicted molar refractivity (Wildman–Crippen MR) is 84.1 cm³/mol. The Labute approximate surface area is 188 Å². The first-order chi connectivity index (χ1) is 10.8. The molecule has 2 aliphatic rings. The molecule has 1 aromatic carbocycles. The summed E-state index contributed by atoms with van der Waals surface area (Å²) in [5.41, 5.74) is 0.398. The smallest absolute Gasteiger partial charge is 0.543 e. The van der Waals surface area contributed by atoms with Gasteiger partial charge in [0.2, 0.25) is 5.91 Å². The van der Waals surface area contributed by atoms with Crippen molar-refractivity contribution in [1.82, 2.24) is 4.90 Å². The summed E-state index contributed by atoms with van der Waals surface area (Å²) in [7, 11) is -1.20. The molecule has 9 heteroatoms. The van der Waals surface area contributed by atoms with Crippen molar-refractivity contribution in [2.24, 2.45) is 5.92 Å². The zero-order valence-electron chi connectivity index (χ0n) is 13.4. The van der Waals surface area contributed by atoms with Gasteiger partial charge in [-0.25, -0.2) is 0 Å². The Morgan fingerprint density at radius 2 is 2.12 bits per heavy atom. The van der Waals surface area contributed by atoms with Gasteiger partial charge in [0.05, 0.1) is 23.7 Å². The fourth-order valence-electron chi connectivity index (χ4n) is 2.79. The van der Waals surface area contributed by atoms with Gasteiger partial charge in [0.1, 0.15) is 5.37 Å². The van der Waals surface area contributed by atoms with Crippen LogP contribution in [0.15, 0.2) is 34.9 Å². The Bertz CT molecular complexity index is 764. The molecule has 0 aliphatic carbocycles. The number of fused-ring (bicyclic) bond motifs is 1. The number of benzene rings is 1. The summed E-state index contributed by atoms with van der Waals surface area (Å²) >= 11 is 1.22. The van der Waals surface area contributed by atoms with Crippen molar-refractivity contribution >= 4 is 39.3 Å². The van der Waals surface area contributed by atoms with Gasteiger partial charge in [-0.15, -0.1) is 0 Å². The summed E-state index contributed by atoms with van der Waals surface area (Å²) in [4.78, 5) is 25.8. The minimum absolute atomic E-state index is 0. The minimum atomic E-state index is -1.43. The maximum absolute atomic E-state index is 12.1. The molecule has 1 fully saturated rings. The number of rotatable bonds is 4. The summed E-state index contributed by atoms with van der Waals surface area (Å²) < 4.78 is 11.6. The first kappa shape index (κ1) is 20.3. The van der Waals surface area contributed by atoms with E-state index in [1.165, 1.54) is 29.8 Å². The monoisotopic (exact) mass is 391 g/mol. The van der Waals surface area contributed by atoms with Gasteiger partial charge in [-0.2, -0.15) is 0 Å². The van der Waals surface area contributed by atoms with E-state index in [0.717, 1.165) is 0 Å². The summed E-state index contributed by atoms with van der Waals surface area (Å²) in [6.45, 7) is 1.51. The Balaban J connectivity index is 0.00000208. The fourth-order valence-corrected chi connectivity index (χ4v) is 4.96. The Hall–Kier alpha value is -0.00364. The molecule has 0 radical (unpaired) electrons. The Morgan fingerprint density at radius 3 is 2.67 bits per heavy atom. The number of hydrogen-bond acceptors (Lipinski definition) is 6. The van der Waals surface area contributed by atoms with E-state index in [4.69, 9.17) is 0 Å². The summed E-state index contributed by atoms with van der Waals surface area (Å²) in [5.74, 6) is -2.48. The molecule has 0 saturated carbocycles. The van der Waals surface area contributed by atoms with Crippen LogP contribution in [-0.2, 0) is 20.4 Å². The van der Waals surface area contributed by atoms with Gasteiger partial charge in [-0.3, -0.25) is 13.9 Å². The Kier molecular flexibility index (Phi) is 6.52. The maximum atomic E-state index is 12.1. The molecule has 1 unspecified atom stereocenters. The topological polar surface area (TPSA) is 97.7 Å². The molecule has 1 amide bonds. The van der Waals surface area contributed by atoms with Crippen molar-refractivity contribution in [2.45, 2.75) is 23.3 Å². The summed E-state index contributed by atoms with van der Waals surface area (Å²) in [6.07, 6.45) is 0.683. The summed E-state index contributed by atoms with van der Waals surface area (Å²) in [6, 6.07) is 6.73. The van der Waals surface area contributed by atoms with Crippen LogP contribution in [0.5, 0.6) is 0 Å². The third-order valence-corrected chi connectivity index (χ3v) is 6.25. The van der Waals surface area contributed by atoms with Gasteiger partial charge < -0.3 is 15.0 Å². The number of aliphatic hydroxyl groups is 1. The number of amides is 1.